The van der Waals surface area contributed by atoms with Gasteiger partial charge in [-0.2, -0.15) is 0 Å². The maximum atomic E-state index is 5.33. The molecule has 14 heavy (non-hydrogen) atoms. The molecular formula is C12H25NO. The Kier molecular flexibility index (Phi) is 5.49. The van der Waals surface area contributed by atoms with E-state index in [0.29, 0.717) is 6.10 Å². The first-order valence-corrected chi connectivity index (χ1v) is 6.13. The van der Waals surface area contributed by atoms with E-state index in [2.05, 4.69) is 4.90 Å². The van der Waals surface area contributed by atoms with Gasteiger partial charge in [0.2, 0.25) is 0 Å². The highest BCUT2D eigenvalue weighted by atomic mass is 16.5. The van der Waals surface area contributed by atoms with Crippen molar-refractivity contribution in [3.63, 3.8) is 0 Å². The molecule has 0 aromatic heterocycles. The van der Waals surface area contributed by atoms with Gasteiger partial charge in [-0.15, -0.1) is 0 Å². The molecule has 0 unspecified atom stereocenters. The zero-order valence-electron chi connectivity index (χ0n) is 9.96. The van der Waals surface area contributed by atoms with Crippen LogP contribution in [0.1, 0.15) is 39.5 Å². The minimum Gasteiger partial charge on any atom is -0.381 e. The summed E-state index contributed by atoms with van der Waals surface area (Å²) in [5.41, 5.74) is 0. The Morgan fingerprint density at radius 3 is 2.07 bits per heavy atom. The fourth-order valence-corrected chi connectivity index (χ4v) is 1.99. The molecule has 0 radical (unpaired) electrons. The van der Waals surface area contributed by atoms with Crippen LogP contribution in [0.25, 0.3) is 0 Å². The van der Waals surface area contributed by atoms with Gasteiger partial charge in [0.15, 0.2) is 0 Å². The molecule has 1 aliphatic heterocycles. The van der Waals surface area contributed by atoms with Crippen molar-refractivity contribution in [1.29, 1.82) is 0 Å². The number of ether oxygens (including phenoxy) is 1. The van der Waals surface area contributed by atoms with Gasteiger partial charge in [0.1, 0.15) is 0 Å². The molecule has 0 N–H and O–H groups in total. The molecule has 2 fully saturated rings. The molecule has 0 aromatic rings. The number of rotatable bonds is 3. The summed E-state index contributed by atoms with van der Waals surface area (Å²) in [6.45, 7) is 7.88. The van der Waals surface area contributed by atoms with Crippen LogP contribution in [-0.2, 0) is 4.74 Å². The van der Waals surface area contributed by atoms with Gasteiger partial charge >= 0.3 is 0 Å². The van der Waals surface area contributed by atoms with Crippen LogP contribution in [0, 0.1) is 5.92 Å². The van der Waals surface area contributed by atoms with Gasteiger partial charge in [-0.25, -0.2) is 0 Å². The van der Waals surface area contributed by atoms with Crippen LogP contribution in [0.4, 0.5) is 0 Å². The van der Waals surface area contributed by atoms with Crippen molar-refractivity contribution in [2.24, 2.45) is 5.92 Å². The lowest BCUT2D eigenvalue weighted by atomic mass is 10.1. The molecule has 1 heterocycles. The minimum absolute atomic E-state index is 0.542. The molecule has 1 saturated carbocycles. The summed E-state index contributed by atoms with van der Waals surface area (Å²) >= 11 is 0. The van der Waals surface area contributed by atoms with E-state index in [4.69, 9.17) is 4.74 Å². The van der Waals surface area contributed by atoms with E-state index in [1.54, 1.807) is 0 Å². The van der Waals surface area contributed by atoms with E-state index in [9.17, 15) is 0 Å². The minimum atomic E-state index is 0.542. The number of likely N-dealkylation sites (tertiary alicyclic amines) is 1. The largest absolute Gasteiger partial charge is 0.381 e. The second-order valence-electron chi connectivity index (χ2n) is 4.18. The van der Waals surface area contributed by atoms with Gasteiger partial charge in [-0.3, -0.25) is 0 Å². The molecule has 0 aromatic carbocycles. The van der Waals surface area contributed by atoms with Crippen molar-refractivity contribution in [3.8, 4) is 0 Å². The first-order valence-electron chi connectivity index (χ1n) is 6.13. The van der Waals surface area contributed by atoms with E-state index in [1.807, 2.05) is 21.0 Å². The molecule has 2 rings (SSSR count). The monoisotopic (exact) mass is 199 g/mol. The third-order valence-corrected chi connectivity index (χ3v) is 3.08. The SMILES string of the molecule is CC.COC1CCN(CC2CC2)CC1. The molecule has 84 valence electrons. The van der Waals surface area contributed by atoms with Crippen LogP contribution in [0.3, 0.4) is 0 Å². The van der Waals surface area contributed by atoms with Gasteiger partial charge in [-0.05, 0) is 31.6 Å². The van der Waals surface area contributed by atoms with Gasteiger partial charge in [0, 0.05) is 26.7 Å². The number of hydrogen-bond acceptors (Lipinski definition) is 2. The Labute approximate surface area is 88.6 Å². The quantitative estimate of drug-likeness (QED) is 0.692. The maximum absolute atomic E-state index is 5.33. The average molecular weight is 199 g/mol. The fraction of sp³-hybridized carbons (Fsp3) is 1.00. The summed E-state index contributed by atoms with van der Waals surface area (Å²) < 4.78 is 5.33. The number of methoxy groups -OCH3 is 1. The predicted octanol–water partition coefficient (Wildman–Crippen LogP) is 2.53. The zero-order chi connectivity index (χ0) is 10.4. The third kappa shape index (κ3) is 3.97. The highest BCUT2D eigenvalue weighted by Crippen LogP contribution is 2.30. The number of piperidine rings is 1. The Morgan fingerprint density at radius 1 is 1.07 bits per heavy atom. The second-order valence-corrected chi connectivity index (χ2v) is 4.18. The summed E-state index contributed by atoms with van der Waals surface area (Å²) in [7, 11) is 1.83. The predicted molar refractivity (Wildman–Crippen MR) is 60.5 cm³/mol. The molecule has 0 spiro atoms. The molecule has 2 heteroatoms. The van der Waals surface area contributed by atoms with Gasteiger partial charge < -0.3 is 9.64 Å². The molecule has 0 amide bonds. The van der Waals surface area contributed by atoms with Crippen molar-refractivity contribution in [3.05, 3.63) is 0 Å². The molecule has 0 bridgehead atoms. The number of hydrogen-bond donors (Lipinski definition) is 0. The maximum Gasteiger partial charge on any atom is 0.0595 e. The van der Waals surface area contributed by atoms with E-state index < -0.39 is 0 Å². The normalized spacial score (nSPS) is 24.2. The zero-order valence-corrected chi connectivity index (χ0v) is 9.96. The lowest BCUT2D eigenvalue weighted by molar-refractivity contribution is 0.0398. The van der Waals surface area contributed by atoms with Crippen LogP contribution in [0.5, 0.6) is 0 Å². The highest BCUT2D eigenvalue weighted by Gasteiger charge is 2.26. The van der Waals surface area contributed by atoms with Crippen LogP contribution in [0.2, 0.25) is 0 Å². The standard InChI is InChI=1S/C10H19NO.C2H6/c1-12-10-4-6-11(7-5-10)8-9-2-3-9;1-2/h9-10H,2-8H2,1H3;1-2H3. The van der Waals surface area contributed by atoms with Crippen molar-refractivity contribution in [2.45, 2.75) is 45.6 Å². The van der Waals surface area contributed by atoms with E-state index in [-0.39, 0.29) is 0 Å². The first kappa shape index (κ1) is 12.0. The summed E-state index contributed by atoms with van der Waals surface area (Å²) in [5, 5.41) is 0. The lowest BCUT2D eigenvalue weighted by Crippen LogP contribution is -2.37. The molecule has 1 saturated heterocycles. The van der Waals surface area contributed by atoms with Crippen LogP contribution in [-0.4, -0.2) is 37.7 Å². The Morgan fingerprint density at radius 2 is 1.64 bits per heavy atom. The second kappa shape index (κ2) is 6.41. The average Bonchev–Trinajstić information content (AvgIpc) is 3.06. The third-order valence-electron chi connectivity index (χ3n) is 3.08. The Hall–Kier alpha value is -0.0800. The Bertz CT molecular complexity index is 137. The molecule has 2 nitrogen and oxygen atoms in total. The van der Waals surface area contributed by atoms with Crippen LogP contribution < -0.4 is 0 Å². The van der Waals surface area contributed by atoms with Gasteiger partial charge in [0.05, 0.1) is 6.10 Å². The van der Waals surface area contributed by atoms with Crippen molar-refractivity contribution in [1.82, 2.24) is 4.90 Å². The highest BCUT2D eigenvalue weighted by molar-refractivity contribution is 4.80. The van der Waals surface area contributed by atoms with Gasteiger partial charge in [0.25, 0.3) is 0 Å². The smallest absolute Gasteiger partial charge is 0.0595 e. The van der Waals surface area contributed by atoms with Crippen LogP contribution in [0.15, 0.2) is 0 Å². The summed E-state index contributed by atoms with van der Waals surface area (Å²) in [6.07, 6.45) is 5.97. The number of nitrogens with zero attached hydrogens (tertiary/aromatic N) is 1. The first-order chi connectivity index (χ1) is 6.88. The van der Waals surface area contributed by atoms with Crippen molar-refractivity contribution >= 4 is 0 Å². The summed E-state index contributed by atoms with van der Waals surface area (Å²) in [6, 6.07) is 0. The molecular weight excluding hydrogens is 174 g/mol. The van der Waals surface area contributed by atoms with E-state index in [1.165, 1.54) is 45.3 Å². The summed E-state index contributed by atoms with van der Waals surface area (Å²) in [4.78, 5) is 2.60. The van der Waals surface area contributed by atoms with E-state index >= 15 is 0 Å². The molecule has 1 aliphatic carbocycles. The molecule has 0 atom stereocenters. The topological polar surface area (TPSA) is 12.5 Å². The lowest BCUT2D eigenvalue weighted by Gasteiger charge is -2.31. The van der Waals surface area contributed by atoms with Crippen LogP contribution >= 0.6 is 0 Å². The molecule has 2 aliphatic rings. The summed E-state index contributed by atoms with van der Waals surface area (Å²) in [5.74, 6) is 1.05. The van der Waals surface area contributed by atoms with Crippen molar-refractivity contribution in [2.75, 3.05) is 26.7 Å². The van der Waals surface area contributed by atoms with Gasteiger partial charge in [-0.1, -0.05) is 13.8 Å². The fourth-order valence-electron chi connectivity index (χ4n) is 1.99. The Balaban J connectivity index is 0.000000461. The van der Waals surface area contributed by atoms with E-state index in [0.717, 1.165) is 5.92 Å². The van der Waals surface area contributed by atoms with Crippen molar-refractivity contribution < 1.29 is 4.74 Å².